The van der Waals surface area contributed by atoms with Crippen LogP contribution in [0.4, 0.5) is 0 Å². The van der Waals surface area contributed by atoms with Crippen LogP contribution in [-0.2, 0) is 0 Å². The van der Waals surface area contributed by atoms with Crippen LogP contribution >= 0.6 is 0 Å². The summed E-state index contributed by atoms with van der Waals surface area (Å²) in [5.74, 6) is 2.03. The van der Waals surface area contributed by atoms with Gasteiger partial charge in [0.2, 0.25) is 0 Å². The monoisotopic (exact) mass is 184 g/mol. The molecular weight excluding hydrogens is 156 g/mol. The summed E-state index contributed by atoms with van der Waals surface area (Å²) in [4.78, 5) is 0. The second-order valence-corrected chi connectivity index (χ2v) is 4.07. The van der Waals surface area contributed by atoms with Crippen molar-refractivity contribution in [2.24, 2.45) is 11.8 Å². The van der Waals surface area contributed by atoms with Gasteiger partial charge in [-0.3, -0.25) is 0 Å². The second-order valence-electron chi connectivity index (χ2n) is 4.07. The van der Waals surface area contributed by atoms with Gasteiger partial charge in [-0.05, 0) is 24.7 Å². The smallest absolute Gasteiger partial charge is 0.0382 e. The third-order valence-electron chi connectivity index (χ3n) is 2.49. The van der Waals surface area contributed by atoms with Gasteiger partial charge in [-0.2, -0.15) is 0 Å². The lowest BCUT2D eigenvalue weighted by Gasteiger charge is -2.22. The maximum Gasteiger partial charge on any atom is -0.0382 e. The first-order valence-electron chi connectivity index (χ1n) is 5.31. The van der Waals surface area contributed by atoms with Gasteiger partial charge in [-0.1, -0.05) is 53.5 Å². The highest BCUT2D eigenvalue weighted by Gasteiger charge is 2.13. The van der Waals surface area contributed by atoms with E-state index in [4.69, 9.17) is 0 Å². The van der Waals surface area contributed by atoms with Crippen LogP contribution in [0.25, 0.3) is 0 Å². The summed E-state index contributed by atoms with van der Waals surface area (Å²) in [5.41, 5.74) is 0. The molecule has 0 aromatic heterocycles. The molecule has 13 heavy (non-hydrogen) atoms. The maximum absolute atomic E-state index is 3.48. The highest BCUT2D eigenvalue weighted by molar-refractivity contribution is 4.66. The van der Waals surface area contributed by atoms with Crippen molar-refractivity contribution in [2.45, 2.75) is 60.3 Å². The number of allylic oxidation sites excluding steroid dienone is 1. The Labute approximate surface area is 85.4 Å². The second kappa shape index (κ2) is 9.83. The first-order valence-corrected chi connectivity index (χ1v) is 5.31. The van der Waals surface area contributed by atoms with E-state index in [1.54, 1.807) is 0 Å². The summed E-state index contributed by atoms with van der Waals surface area (Å²) < 4.78 is 0. The highest BCUT2D eigenvalue weighted by atomic mass is 14.2. The van der Waals surface area contributed by atoms with E-state index in [9.17, 15) is 0 Å². The Bertz CT molecular complexity index is 96.6. The summed E-state index contributed by atoms with van der Waals surface area (Å²) >= 11 is 0. The van der Waals surface area contributed by atoms with E-state index >= 15 is 0 Å². The van der Waals surface area contributed by atoms with Crippen LogP contribution in [-0.4, -0.2) is 0 Å². The molecule has 80 valence electrons. The Hall–Kier alpha value is -0.260. The molecule has 0 N–H and O–H groups in total. The minimum absolute atomic E-state index is 0. The lowest BCUT2D eigenvalue weighted by molar-refractivity contribution is 0.301. The van der Waals surface area contributed by atoms with Gasteiger partial charge in [0.05, 0.1) is 0 Å². The standard InChI is InChI=1S/C8H16.C4H8.CH4/c1-7-4-3-5-8(2)6-7;1-3-4-2;/h7-8H,3-6H2,1-2H3;3H,1,4H2,2H3;1H4. The summed E-state index contributed by atoms with van der Waals surface area (Å²) in [7, 11) is 0. The Morgan fingerprint density at radius 1 is 1.23 bits per heavy atom. The Kier molecular flexibility index (Phi) is 11.5. The largest absolute Gasteiger partial charge is 0.103 e. The van der Waals surface area contributed by atoms with E-state index < -0.39 is 0 Å². The molecule has 0 amide bonds. The third kappa shape index (κ3) is 9.66. The van der Waals surface area contributed by atoms with Gasteiger partial charge in [0.25, 0.3) is 0 Å². The molecule has 1 rings (SSSR count). The molecule has 0 nitrogen and oxygen atoms in total. The van der Waals surface area contributed by atoms with E-state index in [-0.39, 0.29) is 7.43 Å². The van der Waals surface area contributed by atoms with E-state index in [0.717, 1.165) is 18.3 Å². The van der Waals surface area contributed by atoms with Crippen LogP contribution in [0.15, 0.2) is 12.7 Å². The van der Waals surface area contributed by atoms with Gasteiger partial charge >= 0.3 is 0 Å². The van der Waals surface area contributed by atoms with E-state index in [2.05, 4.69) is 27.4 Å². The van der Waals surface area contributed by atoms with Crippen LogP contribution < -0.4 is 0 Å². The van der Waals surface area contributed by atoms with Crippen LogP contribution in [0.2, 0.25) is 0 Å². The fourth-order valence-electron chi connectivity index (χ4n) is 1.74. The van der Waals surface area contributed by atoms with Gasteiger partial charge in [-0.25, -0.2) is 0 Å². The first kappa shape index (κ1) is 15.2. The number of hydrogen-bond donors (Lipinski definition) is 0. The summed E-state index contributed by atoms with van der Waals surface area (Å²) in [6.07, 6.45) is 8.86. The van der Waals surface area contributed by atoms with E-state index in [0.29, 0.717) is 0 Å². The van der Waals surface area contributed by atoms with Crippen molar-refractivity contribution in [3.05, 3.63) is 12.7 Å². The fraction of sp³-hybridized carbons (Fsp3) is 0.846. The first-order chi connectivity index (χ1) is 5.70. The van der Waals surface area contributed by atoms with Gasteiger partial charge in [0, 0.05) is 0 Å². The average molecular weight is 184 g/mol. The lowest BCUT2D eigenvalue weighted by atomic mass is 9.84. The number of rotatable bonds is 1. The molecular formula is C13H28. The SMILES string of the molecule is C.C=CCC.CC1CCCC(C)C1. The molecule has 2 unspecified atom stereocenters. The normalized spacial score (nSPS) is 26.4. The number of hydrogen-bond acceptors (Lipinski definition) is 0. The summed E-state index contributed by atoms with van der Waals surface area (Å²) in [5, 5.41) is 0. The molecule has 0 spiro atoms. The topological polar surface area (TPSA) is 0 Å². The zero-order chi connectivity index (χ0) is 9.40. The van der Waals surface area contributed by atoms with Crippen LogP contribution in [0.1, 0.15) is 60.3 Å². The minimum Gasteiger partial charge on any atom is -0.103 e. The minimum atomic E-state index is 0. The fourth-order valence-corrected chi connectivity index (χ4v) is 1.74. The molecule has 1 fully saturated rings. The van der Waals surface area contributed by atoms with Gasteiger partial charge in [-0.15, -0.1) is 6.58 Å². The molecule has 0 radical (unpaired) electrons. The maximum atomic E-state index is 3.48. The summed E-state index contributed by atoms with van der Waals surface area (Å²) in [6, 6.07) is 0. The molecule has 0 aromatic carbocycles. The third-order valence-corrected chi connectivity index (χ3v) is 2.49. The van der Waals surface area contributed by atoms with Gasteiger partial charge in [0.1, 0.15) is 0 Å². The zero-order valence-corrected chi connectivity index (χ0v) is 8.97. The molecule has 0 bridgehead atoms. The van der Waals surface area contributed by atoms with Crippen LogP contribution in [0.5, 0.6) is 0 Å². The van der Waals surface area contributed by atoms with Crippen molar-refractivity contribution in [3.63, 3.8) is 0 Å². The van der Waals surface area contributed by atoms with Crippen molar-refractivity contribution >= 4 is 0 Å². The van der Waals surface area contributed by atoms with Crippen molar-refractivity contribution in [2.75, 3.05) is 0 Å². The molecule has 0 aromatic rings. The van der Waals surface area contributed by atoms with Gasteiger partial charge in [0.15, 0.2) is 0 Å². The zero-order valence-electron chi connectivity index (χ0n) is 8.97. The molecule has 2 atom stereocenters. The van der Waals surface area contributed by atoms with E-state index in [1.807, 2.05) is 6.08 Å². The highest BCUT2D eigenvalue weighted by Crippen LogP contribution is 2.27. The van der Waals surface area contributed by atoms with Crippen molar-refractivity contribution in [3.8, 4) is 0 Å². The van der Waals surface area contributed by atoms with Crippen LogP contribution in [0, 0.1) is 11.8 Å². The Balaban J connectivity index is 0. The molecule has 1 aliphatic rings. The molecule has 0 heteroatoms. The van der Waals surface area contributed by atoms with Crippen LogP contribution in [0.3, 0.4) is 0 Å². The lowest BCUT2D eigenvalue weighted by Crippen LogP contribution is -2.09. The van der Waals surface area contributed by atoms with Crippen molar-refractivity contribution in [1.82, 2.24) is 0 Å². The average Bonchev–Trinajstić information content (AvgIpc) is 2.04. The summed E-state index contributed by atoms with van der Waals surface area (Å²) in [6.45, 7) is 10.3. The predicted octanol–water partition coefficient (Wildman–Crippen LogP) is 5.05. The predicted molar refractivity (Wildman–Crippen MR) is 64.0 cm³/mol. The quantitative estimate of drug-likeness (QED) is 0.500. The molecule has 1 saturated carbocycles. The molecule has 1 aliphatic carbocycles. The Morgan fingerprint density at radius 3 is 1.77 bits per heavy atom. The molecule has 0 aliphatic heterocycles. The molecule has 0 heterocycles. The Morgan fingerprint density at radius 2 is 1.62 bits per heavy atom. The van der Waals surface area contributed by atoms with Crippen molar-refractivity contribution in [1.29, 1.82) is 0 Å². The van der Waals surface area contributed by atoms with Crippen molar-refractivity contribution < 1.29 is 0 Å². The van der Waals surface area contributed by atoms with Gasteiger partial charge < -0.3 is 0 Å². The van der Waals surface area contributed by atoms with E-state index in [1.165, 1.54) is 25.7 Å². The molecule has 0 saturated heterocycles.